The number of rotatable bonds is 2. The second kappa shape index (κ2) is 3.47. The fourth-order valence-electron chi connectivity index (χ4n) is 1.55. The van der Waals surface area contributed by atoms with Crippen LogP contribution < -0.4 is 5.32 Å². The third-order valence-corrected chi connectivity index (χ3v) is 2.31. The van der Waals surface area contributed by atoms with E-state index in [0.29, 0.717) is 11.7 Å². The SMILES string of the molecule is CC(O)c1cnc(C2CCCN2)o1. The molecule has 2 unspecified atom stereocenters. The number of aliphatic hydroxyl groups excluding tert-OH is 1. The van der Waals surface area contributed by atoms with E-state index < -0.39 is 6.10 Å². The van der Waals surface area contributed by atoms with Crippen molar-refractivity contribution in [2.75, 3.05) is 6.54 Å². The molecule has 2 heterocycles. The monoisotopic (exact) mass is 182 g/mol. The van der Waals surface area contributed by atoms with Crippen LogP contribution in [0.2, 0.25) is 0 Å². The molecule has 4 heteroatoms. The summed E-state index contributed by atoms with van der Waals surface area (Å²) in [6, 6.07) is 0.243. The predicted octanol–water partition coefficient (Wildman–Crippen LogP) is 1.15. The molecule has 0 aromatic carbocycles. The van der Waals surface area contributed by atoms with Gasteiger partial charge in [0, 0.05) is 0 Å². The molecule has 1 fully saturated rings. The molecule has 72 valence electrons. The molecule has 0 amide bonds. The molecule has 0 aliphatic carbocycles. The minimum Gasteiger partial charge on any atom is -0.441 e. The van der Waals surface area contributed by atoms with Crippen LogP contribution in [0.15, 0.2) is 10.6 Å². The van der Waals surface area contributed by atoms with Crippen molar-refractivity contribution < 1.29 is 9.52 Å². The first-order valence-corrected chi connectivity index (χ1v) is 4.64. The van der Waals surface area contributed by atoms with Crippen LogP contribution in [0.1, 0.15) is 43.6 Å². The van der Waals surface area contributed by atoms with Gasteiger partial charge in [0.2, 0.25) is 5.89 Å². The van der Waals surface area contributed by atoms with E-state index in [0.717, 1.165) is 19.4 Å². The van der Waals surface area contributed by atoms with Crippen molar-refractivity contribution in [2.45, 2.75) is 31.9 Å². The number of aromatic nitrogens is 1. The second-order valence-corrected chi connectivity index (χ2v) is 3.43. The lowest BCUT2D eigenvalue weighted by Gasteiger charge is -2.04. The van der Waals surface area contributed by atoms with E-state index in [1.165, 1.54) is 0 Å². The molecule has 13 heavy (non-hydrogen) atoms. The number of nitrogens with zero attached hydrogens (tertiary/aromatic N) is 1. The Kier molecular flexibility index (Phi) is 2.33. The van der Waals surface area contributed by atoms with Crippen LogP contribution in [0.5, 0.6) is 0 Å². The van der Waals surface area contributed by atoms with E-state index >= 15 is 0 Å². The fraction of sp³-hybridized carbons (Fsp3) is 0.667. The highest BCUT2D eigenvalue weighted by Gasteiger charge is 2.21. The van der Waals surface area contributed by atoms with Gasteiger partial charge < -0.3 is 14.8 Å². The van der Waals surface area contributed by atoms with Gasteiger partial charge >= 0.3 is 0 Å². The van der Waals surface area contributed by atoms with E-state index in [1.54, 1.807) is 13.1 Å². The number of nitrogens with one attached hydrogen (secondary N) is 1. The molecule has 2 N–H and O–H groups in total. The largest absolute Gasteiger partial charge is 0.441 e. The highest BCUT2D eigenvalue weighted by Crippen LogP contribution is 2.24. The highest BCUT2D eigenvalue weighted by molar-refractivity contribution is 5.01. The number of hydrogen-bond donors (Lipinski definition) is 2. The van der Waals surface area contributed by atoms with Gasteiger partial charge in [0.15, 0.2) is 5.76 Å². The molecule has 4 nitrogen and oxygen atoms in total. The Hall–Kier alpha value is -0.870. The van der Waals surface area contributed by atoms with Crippen LogP contribution in [0.3, 0.4) is 0 Å². The number of hydrogen-bond acceptors (Lipinski definition) is 4. The van der Waals surface area contributed by atoms with Gasteiger partial charge in [-0.1, -0.05) is 0 Å². The molecule has 0 spiro atoms. The Morgan fingerprint density at radius 3 is 3.15 bits per heavy atom. The maximum Gasteiger partial charge on any atom is 0.211 e. The molecule has 1 aliphatic heterocycles. The van der Waals surface area contributed by atoms with Gasteiger partial charge in [-0.3, -0.25) is 0 Å². The smallest absolute Gasteiger partial charge is 0.211 e. The summed E-state index contributed by atoms with van der Waals surface area (Å²) in [5.74, 6) is 1.25. The zero-order valence-electron chi connectivity index (χ0n) is 7.66. The van der Waals surface area contributed by atoms with Gasteiger partial charge in [-0.15, -0.1) is 0 Å². The van der Waals surface area contributed by atoms with Crippen molar-refractivity contribution in [1.82, 2.24) is 10.3 Å². The summed E-state index contributed by atoms with van der Waals surface area (Å²) >= 11 is 0. The summed E-state index contributed by atoms with van der Waals surface area (Å²) in [5, 5.41) is 12.5. The topological polar surface area (TPSA) is 58.3 Å². The summed E-state index contributed by atoms with van der Waals surface area (Å²) in [6.45, 7) is 2.70. The summed E-state index contributed by atoms with van der Waals surface area (Å²) < 4.78 is 5.41. The van der Waals surface area contributed by atoms with Crippen molar-refractivity contribution >= 4 is 0 Å². The summed E-state index contributed by atoms with van der Waals surface area (Å²) in [6.07, 6.45) is 3.26. The van der Waals surface area contributed by atoms with Gasteiger partial charge in [0.1, 0.15) is 6.10 Å². The molecule has 2 rings (SSSR count). The number of aliphatic hydroxyl groups is 1. The standard InChI is InChI=1S/C9H14N2O2/c1-6(12)8-5-11-9(13-8)7-3-2-4-10-7/h5-7,10,12H,2-4H2,1H3. The fourth-order valence-corrected chi connectivity index (χ4v) is 1.55. The van der Waals surface area contributed by atoms with Crippen LogP contribution in [0.25, 0.3) is 0 Å². The van der Waals surface area contributed by atoms with Crippen molar-refractivity contribution in [1.29, 1.82) is 0 Å². The zero-order chi connectivity index (χ0) is 9.26. The van der Waals surface area contributed by atoms with Crippen molar-refractivity contribution in [2.24, 2.45) is 0 Å². The average molecular weight is 182 g/mol. The first-order chi connectivity index (χ1) is 6.27. The van der Waals surface area contributed by atoms with Gasteiger partial charge in [0.25, 0.3) is 0 Å². The van der Waals surface area contributed by atoms with E-state index in [9.17, 15) is 5.11 Å². The van der Waals surface area contributed by atoms with Crippen molar-refractivity contribution in [3.63, 3.8) is 0 Å². The van der Waals surface area contributed by atoms with E-state index in [1.807, 2.05) is 0 Å². The minimum atomic E-state index is -0.567. The maximum absolute atomic E-state index is 9.23. The normalized spacial score (nSPS) is 24.9. The van der Waals surface area contributed by atoms with Gasteiger partial charge in [0.05, 0.1) is 12.2 Å². The summed E-state index contributed by atoms with van der Waals surface area (Å²) in [4.78, 5) is 4.13. The maximum atomic E-state index is 9.23. The lowest BCUT2D eigenvalue weighted by molar-refractivity contribution is 0.165. The Morgan fingerprint density at radius 2 is 2.62 bits per heavy atom. The molecule has 1 aromatic heterocycles. The van der Waals surface area contributed by atoms with Crippen LogP contribution in [0.4, 0.5) is 0 Å². The van der Waals surface area contributed by atoms with Gasteiger partial charge in [-0.25, -0.2) is 4.98 Å². The third-order valence-electron chi connectivity index (χ3n) is 2.31. The Bertz CT molecular complexity index is 277. The first kappa shape index (κ1) is 8.72. The second-order valence-electron chi connectivity index (χ2n) is 3.43. The molecule has 2 atom stereocenters. The molecule has 0 bridgehead atoms. The van der Waals surface area contributed by atoms with Crippen molar-refractivity contribution in [3.8, 4) is 0 Å². The quantitative estimate of drug-likeness (QED) is 0.720. The Labute approximate surface area is 77.0 Å². The van der Waals surface area contributed by atoms with E-state index in [2.05, 4.69) is 10.3 Å². The summed E-state index contributed by atoms with van der Waals surface area (Å²) in [7, 11) is 0. The Morgan fingerprint density at radius 1 is 1.77 bits per heavy atom. The van der Waals surface area contributed by atoms with E-state index in [4.69, 9.17) is 4.42 Å². The van der Waals surface area contributed by atoms with Gasteiger partial charge in [-0.2, -0.15) is 0 Å². The lowest BCUT2D eigenvalue weighted by Crippen LogP contribution is -2.12. The molecule has 1 saturated heterocycles. The number of oxazole rings is 1. The lowest BCUT2D eigenvalue weighted by atomic mass is 10.2. The molecule has 0 radical (unpaired) electrons. The van der Waals surface area contributed by atoms with Crippen LogP contribution >= 0.6 is 0 Å². The molecule has 1 aromatic rings. The highest BCUT2D eigenvalue weighted by atomic mass is 16.4. The minimum absolute atomic E-state index is 0.243. The van der Waals surface area contributed by atoms with Crippen LogP contribution in [-0.2, 0) is 0 Å². The predicted molar refractivity (Wildman–Crippen MR) is 47.1 cm³/mol. The molecular weight excluding hydrogens is 168 g/mol. The average Bonchev–Trinajstić information content (AvgIpc) is 2.75. The van der Waals surface area contributed by atoms with Gasteiger partial charge in [-0.05, 0) is 26.3 Å². The van der Waals surface area contributed by atoms with Crippen LogP contribution in [0, 0.1) is 0 Å². The summed E-state index contributed by atoms with van der Waals surface area (Å²) in [5.41, 5.74) is 0. The van der Waals surface area contributed by atoms with E-state index in [-0.39, 0.29) is 6.04 Å². The molecule has 1 aliphatic rings. The first-order valence-electron chi connectivity index (χ1n) is 4.64. The van der Waals surface area contributed by atoms with Crippen LogP contribution in [-0.4, -0.2) is 16.6 Å². The Balaban J connectivity index is 2.12. The molecule has 0 saturated carbocycles. The van der Waals surface area contributed by atoms with Crippen molar-refractivity contribution in [3.05, 3.63) is 17.8 Å². The molecular formula is C9H14N2O2. The zero-order valence-corrected chi connectivity index (χ0v) is 7.66. The third kappa shape index (κ3) is 1.73.